The van der Waals surface area contributed by atoms with Gasteiger partial charge in [0.25, 0.3) is 5.91 Å². The van der Waals surface area contributed by atoms with E-state index < -0.39 is 0 Å². The summed E-state index contributed by atoms with van der Waals surface area (Å²) in [6, 6.07) is 14.5. The second-order valence-corrected chi connectivity index (χ2v) is 7.24. The van der Waals surface area contributed by atoms with Gasteiger partial charge in [0, 0.05) is 11.6 Å². The van der Waals surface area contributed by atoms with Crippen LogP contribution in [0.15, 0.2) is 53.6 Å². The Morgan fingerprint density at radius 3 is 2.38 bits per heavy atom. The SMILES string of the molecule is COc1ccccc1C(=O)N/N=C(\C)c1ccc(NC(=O)C2CCCCC2)cc1. The molecule has 0 aromatic heterocycles. The lowest BCUT2D eigenvalue weighted by molar-refractivity contribution is -0.120. The predicted octanol–water partition coefficient (Wildman–Crippen LogP) is 4.37. The number of amides is 2. The van der Waals surface area contributed by atoms with Crippen molar-refractivity contribution in [2.45, 2.75) is 39.0 Å². The van der Waals surface area contributed by atoms with E-state index in [1.54, 1.807) is 24.3 Å². The highest BCUT2D eigenvalue weighted by Crippen LogP contribution is 2.25. The lowest BCUT2D eigenvalue weighted by Gasteiger charge is -2.20. The summed E-state index contributed by atoms with van der Waals surface area (Å²) in [6.45, 7) is 1.82. The van der Waals surface area contributed by atoms with Crippen molar-refractivity contribution >= 4 is 23.2 Å². The number of hydrogen-bond acceptors (Lipinski definition) is 4. The number of para-hydroxylation sites is 1. The lowest BCUT2D eigenvalue weighted by Crippen LogP contribution is -2.24. The molecule has 29 heavy (non-hydrogen) atoms. The summed E-state index contributed by atoms with van der Waals surface area (Å²) >= 11 is 0. The highest BCUT2D eigenvalue weighted by atomic mass is 16.5. The van der Waals surface area contributed by atoms with Crippen LogP contribution < -0.4 is 15.5 Å². The Morgan fingerprint density at radius 1 is 1.00 bits per heavy atom. The third-order valence-electron chi connectivity index (χ3n) is 5.22. The Kier molecular flexibility index (Phi) is 7.00. The van der Waals surface area contributed by atoms with E-state index in [0.717, 1.165) is 36.9 Å². The number of rotatable bonds is 6. The standard InChI is InChI=1S/C23H27N3O3/c1-16(25-26-23(28)20-10-6-7-11-21(20)29-2)17-12-14-19(15-13-17)24-22(27)18-8-4-3-5-9-18/h6-7,10-15,18H,3-5,8-9H2,1-2H3,(H,24,27)(H,26,28)/b25-16+. The fourth-order valence-electron chi connectivity index (χ4n) is 3.50. The average molecular weight is 393 g/mol. The molecule has 0 unspecified atom stereocenters. The maximum atomic E-state index is 12.4. The van der Waals surface area contributed by atoms with Gasteiger partial charge in [-0.25, -0.2) is 5.43 Å². The number of hydrazone groups is 1. The van der Waals surface area contributed by atoms with Crippen LogP contribution in [0.2, 0.25) is 0 Å². The minimum atomic E-state index is -0.335. The van der Waals surface area contributed by atoms with Gasteiger partial charge in [0.05, 0.1) is 18.4 Å². The molecule has 0 atom stereocenters. The van der Waals surface area contributed by atoms with Crippen LogP contribution in [0.3, 0.4) is 0 Å². The molecule has 1 aliphatic rings. The Morgan fingerprint density at radius 2 is 1.69 bits per heavy atom. The summed E-state index contributed by atoms with van der Waals surface area (Å²) in [5, 5.41) is 7.18. The summed E-state index contributed by atoms with van der Waals surface area (Å²) in [7, 11) is 1.52. The number of hydrogen-bond donors (Lipinski definition) is 2. The van der Waals surface area contributed by atoms with Crippen molar-refractivity contribution in [3.63, 3.8) is 0 Å². The van der Waals surface area contributed by atoms with E-state index in [1.165, 1.54) is 13.5 Å². The quantitative estimate of drug-likeness (QED) is 0.565. The molecule has 0 bridgehead atoms. The monoisotopic (exact) mass is 393 g/mol. The van der Waals surface area contributed by atoms with E-state index >= 15 is 0 Å². The molecule has 2 aromatic carbocycles. The van der Waals surface area contributed by atoms with Gasteiger partial charge in [0.15, 0.2) is 0 Å². The molecule has 3 rings (SSSR count). The zero-order chi connectivity index (χ0) is 20.6. The minimum Gasteiger partial charge on any atom is -0.496 e. The van der Waals surface area contributed by atoms with E-state index in [0.29, 0.717) is 17.0 Å². The first-order chi connectivity index (χ1) is 14.1. The Bertz CT molecular complexity index is 884. The van der Waals surface area contributed by atoms with Gasteiger partial charge in [-0.15, -0.1) is 0 Å². The number of methoxy groups -OCH3 is 1. The molecule has 2 amide bonds. The molecular formula is C23H27N3O3. The first-order valence-electron chi connectivity index (χ1n) is 9.97. The summed E-state index contributed by atoms with van der Waals surface area (Å²) < 4.78 is 5.20. The molecule has 0 heterocycles. The minimum absolute atomic E-state index is 0.104. The van der Waals surface area contributed by atoms with E-state index in [9.17, 15) is 9.59 Å². The van der Waals surface area contributed by atoms with E-state index in [2.05, 4.69) is 15.8 Å². The molecule has 0 aliphatic heterocycles. The van der Waals surface area contributed by atoms with Crippen molar-refractivity contribution in [2.75, 3.05) is 12.4 Å². The molecular weight excluding hydrogens is 366 g/mol. The Balaban J connectivity index is 1.60. The predicted molar refractivity (Wildman–Crippen MR) is 114 cm³/mol. The van der Waals surface area contributed by atoms with Crippen molar-refractivity contribution in [3.8, 4) is 5.75 Å². The van der Waals surface area contributed by atoms with Crippen molar-refractivity contribution in [3.05, 3.63) is 59.7 Å². The van der Waals surface area contributed by atoms with Crippen LogP contribution in [0.1, 0.15) is 54.9 Å². The van der Waals surface area contributed by atoms with E-state index in [-0.39, 0.29) is 17.7 Å². The average Bonchev–Trinajstić information content (AvgIpc) is 2.78. The van der Waals surface area contributed by atoms with Crippen LogP contribution in [-0.4, -0.2) is 24.6 Å². The molecule has 1 aliphatic carbocycles. The fourth-order valence-corrected chi connectivity index (χ4v) is 3.50. The zero-order valence-corrected chi connectivity index (χ0v) is 16.9. The summed E-state index contributed by atoms with van der Waals surface area (Å²) in [5.41, 5.74) is 5.29. The van der Waals surface area contributed by atoms with Crippen LogP contribution in [0, 0.1) is 5.92 Å². The molecule has 152 valence electrons. The number of nitrogens with zero attached hydrogens (tertiary/aromatic N) is 1. The second kappa shape index (κ2) is 9.87. The van der Waals surface area contributed by atoms with Crippen molar-refractivity contribution < 1.29 is 14.3 Å². The van der Waals surface area contributed by atoms with Gasteiger partial charge < -0.3 is 10.1 Å². The molecule has 0 radical (unpaired) electrons. The van der Waals surface area contributed by atoms with E-state index in [4.69, 9.17) is 4.74 Å². The first kappa shape index (κ1) is 20.6. The zero-order valence-electron chi connectivity index (χ0n) is 16.9. The van der Waals surface area contributed by atoms with Gasteiger partial charge in [-0.3, -0.25) is 9.59 Å². The first-order valence-corrected chi connectivity index (χ1v) is 9.97. The van der Waals surface area contributed by atoms with Gasteiger partial charge in [-0.1, -0.05) is 43.5 Å². The van der Waals surface area contributed by atoms with Crippen molar-refractivity contribution in [1.29, 1.82) is 0 Å². The van der Waals surface area contributed by atoms with Gasteiger partial charge >= 0.3 is 0 Å². The lowest BCUT2D eigenvalue weighted by atomic mass is 9.88. The number of carbonyl (C=O) groups excluding carboxylic acids is 2. The number of anilines is 1. The molecule has 6 nitrogen and oxygen atoms in total. The molecule has 0 saturated heterocycles. The molecule has 6 heteroatoms. The topological polar surface area (TPSA) is 79.8 Å². The van der Waals surface area contributed by atoms with Crippen LogP contribution in [0.25, 0.3) is 0 Å². The van der Waals surface area contributed by atoms with Crippen LogP contribution in [-0.2, 0) is 4.79 Å². The smallest absolute Gasteiger partial charge is 0.275 e. The van der Waals surface area contributed by atoms with Gasteiger partial charge in [0.1, 0.15) is 5.75 Å². The number of ether oxygens (including phenoxy) is 1. The van der Waals surface area contributed by atoms with Crippen molar-refractivity contribution in [2.24, 2.45) is 11.0 Å². The summed E-state index contributed by atoms with van der Waals surface area (Å²) in [5.74, 6) is 0.387. The highest BCUT2D eigenvalue weighted by molar-refractivity contribution is 6.02. The van der Waals surface area contributed by atoms with Crippen LogP contribution in [0.5, 0.6) is 5.75 Å². The summed E-state index contributed by atoms with van der Waals surface area (Å²) in [6.07, 6.45) is 5.44. The molecule has 1 fully saturated rings. The maximum absolute atomic E-state index is 12.4. The maximum Gasteiger partial charge on any atom is 0.275 e. The van der Waals surface area contributed by atoms with Gasteiger partial charge in [-0.05, 0) is 49.6 Å². The van der Waals surface area contributed by atoms with Crippen molar-refractivity contribution in [1.82, 2.24) is 5.43 Å². The van der Waals surface area contributed by atoms with E-state index in [1.807, 2.05) is 31.2 Å². The molecule has 2 N–H and O–H groups in total. The van der Waals surface area contributed by atoms with Crippen LogP contribution in [0.4, 0.5) is 5.69 Å². The number of nitrogens with one attached hydrogen (secondary N) is 2. The largest absolute Gasteiger partial charge is 0.496 e. The fraction of sp³-hybridized carbons (Fsp3) is 0.348. The molecule has 0 spiro atoms. The number of benzene rings is 2. The number of carbonyl (C=O) groups is 2. The molecule has 2 aromatic rings. The second-order valence-electron chi connectivity index (χ2n) is 7.24. The van der Waals surface area contributed by atoms with Gasteiger partial charge in [0.2, 0.25) is 5.91 Å². The third-order valence-corrected chi connectivity index (χ3v) is 5.22. The Labute approximate surface area is 171 Å². The third kappa shape index (κ3) is 5.44. The highest BCUT2D eigenvalue weighted by Gasteiger charge is 2.21. The molecule has 1 saturated carbocycles. The van der Waals surface area contributed by atoms with Gasteiger partial charge in [-0.2, -0.15) is 5.10 Å². The van der Waals surface area contributed by atoms with Crippen LogP contribution >= 0.6 is 0 Å². The normalized spacial score (nSPS) is 14.9. The summed E-state index contributed by atoms with van der Waals surface area (Å²) in [4.78, 5) is 24.7. The Hall–Kier alpha value is -3.15.